The number of nitrogens with two attached hydrogens (primary N) is 1. The Bertz CT molecular complexity index is 900. The lowest BCUT2D eigenvalue weighted by Crippen LogP contribution is -2.32. The zero-order chi connectivity index (χ0) is 19.2. The molecule has 140 valence electrons. The molecule has 1 aromatic carbocycles. The van der Waals surface area contributed by atoms with Crippen LogP contribution in [0.1, 0.15) is 12.5 Å². The number of hydrogen-bond acceptors (Lipinski definition) is 8. The molecule has 3 aromatic rings. The smallest absolute Gasteiger partial charge is 0.414 e. The van der Waals surface area contributed by atoms with Crippen LogP contribution in [0.5, 0.6) is 0 Å². The Morgan fingerprint density at radius 3 is 2.78 bits per heavy atom. The molecule has 3 rings (SSSR count). The number of aromatic nitrogens is 4. The van der Waals surface area contributed by atoms with Crippen LogP contribution in [0.2, 0.25) is 0 Å². The van der Waals surface area contributed by atoms with Gasteiger partial charge in [0.25, 0.3) is 0 Å². The standard InChI is InChI=1S/C17H19N7O3/c1-2-27-17(25)23(11-12-6-4-3-5-7-12)13-10-14(24-9-8-19-22-24)20-16(18)15(13)21-26/h3-10,21,26H,2,11H2,1H3,(H2,18,20). The molecule has 27 heavy (non-hydrogen) atoms. The fraction of sp³-hybridized carbons (Fsp3) is 0.176. The Hall–Kier alpha value is -3.66. The summed E-state index contributed by atoms with van der Waals surface area (Å²) in [6.45, 7) is 2.11. The normalized spacial score (nSPS) is 10.4. The second kappa shape index (κ2) is 8.15. The molecule has 10 heteroatoms. The molecule has 0 spiro atoms. The van der Waals surface area contributed by atoms with Crippen molar-refractivity contribution in [2.75, 3.05) is 22.7 Å². The van der Waals surface area contributed by atoms with Crippen molar-refractivity contribution in [2.24, 2.45) is 0 Å². The zero-order valence-corrected chi connectivity index (χ0v) is 14.6. The number of nitrogens with one attached hydrogen (secondary N) is 1. The molecular weight excluding hydrogens is 350 g/mol. The third kappa shape index (κ3) is 3.96. The van der Waals surface area contributed by atoms with Crippen LogP contribution < -0.4 is 16.1 Å². The number of nitrogen functional groups attached to an aromatic ring is 1. The lowest BCUT2D eigenvalue weighted by atomic mass is 10.2. The summed E-state index contributed by atoms with van der Waals surface area (Å²) in [6, 6.07) is 10.9. The highest BCUT2D eigenvalue weighted by molar-refractivity contribution is 5.94. The molecule has 0 saturated heterocycles. The lowest BCUT2D eigenvalue weighted by molar-refractivity contribution is 0.159. The van der Waals surface area contributed by atoms with Crippen molar-refractivity contribution in [3.8, 4) is 5.82 Å². The number of rotatable bonds is 6. The van der Waals surface area contributed by atoms with E-state index in [4.69, 9.17) is 10.5 Å². The van der Waals surface area contributed by atoms with Crippen molar-refractivity contribution in [1.82, 2.24) is 20.0 Å². The van der Waals surface area contributed by atoms with Crippen LogP contribution in [-0.4, -0.2) is 37.9 Å². The Balaban J connectivity index is 2.10. The van der Waals surface area contributed by atoms with E-state index < -0.39 is 6.09 Å². The van der Waals surface area contributed by atoms with Crippen LogP contribution in [0, 0.1) is 0 Å². The highest BCUT2D eigenvalue weighted by Gasteiger charge is 2.24. The number of pyridine rings is 1. The third-order valence-electron chi connectivity index (χ3n) is 3.74. The summed E-state index contributed by atoms with van der Waals surface area (Å²) < 4.78 is 6.58. The molecular formula is C17H19N7O3. The van der Waals surface area contributed by atoms with Gasteiger partial charge in [-0.1, -0.05) is 35.5 Å². The first-order chi connectivity index (χ1) is 13.1. The number of hydrogen-bond donors (Lipinski definition) is 3. The highest BCUT2D eigenvalue weighted by atomic mass is 16.6. The van der Waals surface area contributed by atoms with Crippen LogP contribution in [0.25, 0.3) is 5.82 Å². The van der Waals surface area contributed by atoms with Crippen LogP contribution in [0.3, 0.4) is 0 Å². The first kappa shape index (κ1) is 18.1. The van der Waals surface area contributed by atoms with Crippen LogP contribution in [0.4, 0.5) is 22.0 Å². The van der Waals surface area contributed by atoms with Crippen molar-refractivity contribution < 1.29 is 14.7 Å². The molecule has 0 saturated carbocycles. The molecule has 2 heterocycles. The molecule has 0 radical (unpaired) electrons. The Morgan fingerprint density at radius 2 is 2.15 bits per heavy atom. The molecule has 10 nitrogen and oxygen atoms in total. The van der Waals surface area contributed by atoms with Gasteiger partial charge in [-0.25, -0.2) is 14.5 Å². The van der Waals surface area contributed by atoms with Crippen molar-refractivity contribution in [1.29, 1.82) is 0 Å². The summed E-state index contributed by atoms with van der Waals surface area (Å²) in [5, 5.41) is 17.2. The number of carbonyl (C=O) groups is 1. The number of carbonyl (C=O) groups excluding carboxylic acids is 1. The van der Waals surface area contributed by atoms with Gasteiger partial charge >= 0.3 is 6.09 Å². The first-order valence-corrected chi connectivity index (χ1v) is 8.19. The predicted molar refractivity (Wildman–Crippen MR) is 98.6 cm³/mol. The maximum absolute atomic E-state index is 12.6. The molecule has 0 atom stereocenters. The van der Waals surface area contributed by atoms with Crippen LogP contribution in [0.15, 0.2) is 48.8 Å². The fourth-order valence-corrected chi connectivity index (χ4v) is 2.53. The largest absolute Gasteiger partial charge is 0.449 e. The van der Waals surface area contributed by atoms with E-state index in [0.717, 1.165) is 5.56 Å². The van der Waals surface area contributed by atoms with E-state index in [9.17, 15) is 10.0 Å². The van der Waals surface area contributed by atoms with E-state index in [0.29, 0.717) is 5.82 Å². The molecule has 1 amide bonds. The minimum absolute atomic E-state index is 0.0112. The summed E-state index contributed by atoms with van der Waals surface area (Å²) in [4.78, 5) is 18.2. The monoisotopic (exact) mass is 369 g/mol. The average Bonchev–Trinajstić information content (AvgIpc) is 3.21. The summed E-state index contributed by atoms with van der Waals surface area (Å²) in [6.07, 6.45) is 2.49. The van der Waals surface area contributed by atoms with Crippen molar-refractivity contribution in [3.63, 3.8) is 0 Å². The fourth-order valence-electron chi connectivity index (χ4n) is 2.53. The second-order valence-electron chi connectivity index (χ2n) is 5.49. The molecule has 4 N–H and O–H groups in total. The number of ether oxygens (including phenoxy) is 1. The quantitative estimate of drug-likeness (QED) is 0.564. The van der Waals surface area contributed by atoms with Crippen molar-refractivity contribution >= 4 is 23.3 Å². The molecule has 0 aliphatic rings. The maximum atomic E-state index is 12.6. The maximum Gasteiger partial charge on any atom is 0.414 e. The second-order valence-corrected chi connectivity index (χ2v) is 5.49. The molecule has 0 aliphatic heterocycles. The van der Waals surface area contributed by atoms with Crippen LogP contribution in [-0.2, 0) is 11.3 Å². The number of nitrogens with zero attached hydrogens (tertiary/aromatic N) is 5. The Kier molecular flexibility index (Phi) is 5.47. The van der Waals surface area contributed by atoms with Crippen molar-refractivity contribution in [3.05, 3.63) is 54.4 Å². The highest BCUT2D eigenvalue weighted by Crippen LogP contribution is 2.33. The van der Waals surface area contributed by atoms with Gasteiger partial charge in [0, 0.05) is 6.07 Å². The van der Waals surface area contributed by atoms with E-state index in [1.165, 1.54) is 15.8 Å². The lowest BCUT2D eigenvalue weighted by Gasteiger charge is -2.25. The van der Waals surface area contributed by atoms with Gasteiger partial charge in [0.05, 0.1) is 31.2 Å². The Morgan fingerprint density at radius 1 is 1.37 bits per heavy atom. The van der Waals surface area contributed by atoms with Gasteiger partial charge in [0.2, 0.25) is 0 Å². The van der Waals surface area contributed by atoms with Gasteiger partial charge in [-0.05, 0) is 12.5 Å². The first-order valence-electron chi connectivity index (χ1n) is 8.19. The third-order valence-corrected chi connectivity index (χ3v) is 3.74. The van der Waals surface area contributed by atoms with Gasteiger partial charge in [0.15, 0.2) is 11.6 Å². The van der Waals surface area contributed by atoms with E-state index in [2.05, 4.69) is 15.3 Å². The predicted octanol–water partition coefficient (Wildman–Crippen LogP) is 2.21. The minimum atomic E-state index is -0.590. The molecule has 0 fully saturated rings. The number of benzene rings is 1. The number of anilines is 3. The topological polar surface area (TPSA) is 131 Å². The molecule has 0 aliphatic carbocycles. The van der Waals surface area contributed by atoms with E-state index >= 15 is 0 Å². The van der Waals surface area contributed by atoms with Crippen LogP contribution >= 0.6 is 0 Å². The molecule has 2 aromatic heterocycles. The number of amides is 1. The summed E-state index contributed by atoms with van der Waals surface area (Å²) in [5.74, 6) is 0.323. The van der Waals surface area contributed by atoms with Gasteiger partial charge in [-0.15, -0.1) is 5.10 Å². The van der Waals surface area contributed by atoms with Gasteiger partial charge < -0.3 is 10.5 Å². The average molecular weight is 369 g/mol. The van der Waals surface area contributed by atoms with Crippen molar-refractivity contribution in [2.45, 2.75) is 13.5 Å². The Labute approximate surface area is 155 Å². The summed E-state index contributed by atoms with van der Waals surface area (Å²) in [7, 11) is 0. The van der Waals surface area contributed by atoms with Gasteiger partial charge in [-0.3, -0.25) is 15.6 Å². The van der Waals surface area contributed by atoms with E-state index in [-0.39, 0.29) is 30.3 Å². The minimum Gasteiger partial charge on any atom is -0.449 e. The zero-order valence-electron chi connectivity index (χ0n) is 14.6. The van der Waals surface area contributed by atoms with Gasteiger partial charge in [0.1, 0.15) is 5.69 Å². The van der Waals surface area contributed by atoms with E-state index in [1.54, 1.807) is 19.2 Å². The van der Waals surface area contributed by atoms with E-state index in [1.807, 2.05) is 35.8 Å². The molecule has 0 bridgehead atoms. The van der Waals surface area contributed by atoms with Gasteiger partial charge in [-0.2, -0.15) is 0 Å². The molecule has 0 unspecified atom stereocenters. The SMILES string of the molecule is CCOC(=O)N(Cc1ccccc1)c1cc(-n2ccnn2)nc(N)c1NO. The summed E-state index contributed by atoms with van der Waals surface area (Å²) in [5.41, 5.74) is 9.23. The summed E-state index contributed by atoms with van der Waals surface area (Å²) >= 11 is 0.